The number of nitrogens with zero attached hydrogens (tertiary/aromatic N) is 1. The average molecular weight is 265 g/mol. The SMILES string of the molecule is CC(CN(C)S(=O)(=O)C1CCCOC1)C(=O)O. The fraction of sp³-hybridized carbons (Fsp3) is 0.900. The molecule has 0 aromatic rings. The Labute approximate surface area is 102 Å². The summed E-state index contributed by atoms with van der Waals surface area (Å²) in [4.78, 5) is 10.7. The maximum absolute atomic E-state index is 12.1. The first kappa shape index (κ1) is 14.4. The van der Waals surface area contributed by atoms with E-state index in [1.807, 2.05) is 0 Å². The van der Waals surface area contributed by atoms with E-state index >= 15 is 0 Å². The minimum Gasteiger partial charge on any atom is -0.481 e. The Morgan fingerprint density at radius 1 is 1.59 bits per heavy atom. The Hall–Kier alpha value is -0.660. The molecule has 1 aliphatic rings. The van der Waals surface area contributed by atoms with E-state index in [-0.39, 0.29) is 13.2 Å². The molecule has 1 aliphatic heterocycles. The maximum atomic E-state index is 12.1. The second-order valence-electron chi connectivity index (χ2n) is 4.40. The fourth-order valence-corrected chi connectivity index (χ4v) is 3.44. The molecule has 0 saturated carbocycles. The molecule has 0 aliphatic carbocycles. The number of hydrogen-bond acceptors (Lipinski definition) is 4. The van der Waals surface area contributed by atoms with Crippen LogP contribution in [-0.4, -0.2) is 55.9 Å². The summed E-state index contributed by atoms with van der Waals surface area (Å²) in [5.74, 6) is -1.70. The molecule has 1 N–H and O–H groups in total. The third-order valence-electron chi connectivity index (χ3n) is 2.93. The molecular formula is C10H19NO5S. The molecule has 2 atom stereocenters. The molecule has 1 fully saturated rings. The van der Waals surface area contributed by atoms with Gasteiger partial charge in [0.05, 0.1) is 17.8 Å². The van der Waals surface area contributed by atoms with Gasteiger partial charge in [-0.2, -0.15) is 0 Å². The molecule has 1 heterocycles. The molecule has 0 aromatic carbocycles. The predicted molar refractivity (Wildman–Crippen MR) is 62.2 cm³/mol. The van der Waals surface area contributed by atoms with Crippen molar-refractivity contribution in [2.24, 2.45) is 5.92 Å². The van der Waals surface area contributed by atoms with E-state index in [2.05, 4.69) is 0 Å². The van der Waals surface area contributed by atoms with Gasteiger partial charge in [0.15, 0.2) is 0 Å². The Morgan fingerprint density at radius 2 is 2.24 bits per heavy atom. The van der Waals surface area contributed by atoms with Crippen molar-refractivity contribution in [3.63, 3.8) is 0 Å². The lowest BCUT2D eigenvalue weighted by atomic mass is 10.2. The average Bonchev–Trinajstić information content (AvgIpc) is 2.29. The van der Waals surface area contributed by atoms with Crippen molar-refractivity contribution in [3.8, 4) is 0 Å². The van der Waals surface area contributed by atoms with Crippen LogP contribution >= 0.6 is 0 Å². The molecule has 7 heteroatoms. The predicted octanol–water partition coefficient (Wildman–Crippen LogP) is 0.148. The van der Waals surface area contributed by atoms with Crippen LogP contribution in [0.5, 0.6) is 0 Å². The van der Waals surface area contributed by atoms with Crippen LogP contribution in [0.15, 0.2) is 0 Å². The van der Waals surface area contributed by atoms with Crippen molar-refractivity contribution in [1.29, 1.82) is 0 Å². The summed E-state index contributed by atoms with van der Waals surface area (Å²) >= 11 is 0. The number of aliphatic carboxylic acids is 1. The van der Waals surface area contributed by atoms with Crippen molar-refractivity contribution in [2.75, 3.05) is 26.8 Å². The Bertz CT molecular complexity index is 361. The van der Waals surface area contributed by atoms with Crippen molar-refractivity contribution >= 4 is 16.0 Å². The summed E-state index contributed by atoms with van der Waals surface area (Å²) < 4.78 is 30.5. The molecule has 0 aromatic heterocycles. The summed E-state index contributed by atoms with van der Waals surface area (Å²) in [6, 6.07) is 0. The summed E-state index contributed by atoms with van der Waals surface area (Å²) in [5, 5.41) is 8.22. The lowest BCUT2D eigenvalue weighted by molar-refractivity contribution is -0.141. The molecule has 1 rings (SSSR count). The molecular weight excluding hydrogens is 246 g/mol. The Balaban J connectivity index is 2.65. The summed E-state index contributed by atoms with van der Waals surface area (Å²) in [6.45, 7) is 2.29. The number of hydrogen-bond donors (Lipinski definition) is 1. The first-order valence-corrected chi connectivity index (χ1v) is 7.11. The number of rotatable bonds is 5. The van der Waals surface area contributed by atoms with Crippen molar-refractivity contribution in [2.45, 2.75) is 25.0 Å². The van der Waals surface area contributed by atoms with E-state index in [9.17, 15) is 13.2 Å². The van der Waals surface area contributed by atoms with Gasteiger partial charge in [0.2, 0.25) is 10.0 Å². The molecule has 0 spiro atoms. The highest BCUT2D eigenvalue weighted by molar-refractivity contribution is 7.89. The van der Waals surface area contributed by atoms with Crippen LogP contribution in [0.25, 0.3) is 0 Å². The lowest BCUT2D eigenvalue weighted by Crippen LogP contribution is -2.43. The van der Waals surface area contributed by atoms with E-state index in [0.29, 0.717) is 13.0 Å². The molecule has 6 nitrogen and oxygen atoms in total. The summed E-state index contributed by atoms with van der Waals surface area (Å²) in [7, 11) is -2.03. The van der Waals surface area contributed by atoms with Gasteiger partial charge in [-0.15, -0.1) is 0 Å². The zero-order valence-corrected chi connectivity index (χ0v) is 10.9. The molecule has 17 heavy (non-hydrogen) atoms. The van der Waals surface area contributed by atoms with Gasteiger partial charge in [-0.3, -0.25) is 4.79 Å². The molecule has 0 bridgehead atoms. The van der Waals surface area contributed by atoms with Crippen molar-refractivity contribution < 1.29 is 23.1 Å². The van der Waals surface area contributed by atoms with Gasteiger partial charge in [-0.1, -0.05) is 6.92 Å². The second-order valence-corrected chi connectivity index (χ2v) is 6.72. The van der Waals surface area contributed by atoms with Gasteiger partial charge >= 0.3 is 5.97 Å². The van der Waals surface area contributed by atoms with E-state index in [1.54, 1.807) is 0 Å². The van der Waals surface area contributed by atoms with E-state index in [1.165, 1.54) is 14.0 Å². The monoisotopic (exact) mass is 265 g/mol. The second kappa shape index (κ2) is 5.79. The molecule has 0 radical (unpaired) electrons. The van der Waals surface area contributed by atoms with Crippen LogP contribution in [0.4, 0.5) is 0 Å². The van der Waals surface area contributed by atoms with Gasteiger partial charge in [0.1, 0.15) is 0 Å². The first-order valence-electron chi connectivity index (χ1n) is 5.61. The van der Waals surface area contributed by atoms with E-state index in [4.69, 9.17) is 9.84 Å². The molecule has 1 saturated heterocycles. The van der Waals surface area contributed by atoms with Gasteiger partial charge in [-0.05, 0) is 12.8 Å². The normalized spacial score (nSPS) is 23.6. The highest BCUT2D eigenvalue weighted by Crippen LogP contribution is 2.18. The van der Waals surface area contributed by atoms with E-state index < -0.39 is 27.2 Å². The van der Waals surface area contributed by atoms with Crippen LogP contribution in [0.1, 0.15) is 19.8 Å². The van der Waals surface area contributed by atoms with Crippen LogP contribution in [0.2, 0.25) is 0 Å². The van der Waals surface area contributed by atoms with Crippen LogP contribution in [0.3, 0.4) is 0 Å². The topological polar surface area (TPSA) is 83.9 Å². The van der Waals surface area contributed by atoms with Crippen molar-refractivity contribution in [3.05, 3.63) is 0 Å². The standard InChI is InChI=1S/C10H19NO5S/c1-8(10(12)13)6-11(2)17(14,15)9-4-3-5-16-7-9/h8-9H,3-7H2,1-2H3,(H,12,13). The van der Waals surface area contributed by atoms with Crippen molar-refractivity contribution in [1.82, 2.24) is 4.31 Å². The highest BCUT2D eigenvalue weighted by atomic mass is 32.2. The third kappa shape index (κ3) is 3.65. The fourth-order valence-electron chi connectivity index (χ4n) is 1.77. The van der Waals surface area contributed by atoms with Gasteiger partial charge in [-0.25, -0.2) is 12.7 Å². The van der Waals surface area contributed by atoms with Crippen LogP contribution in [0, 0.1) is 5.92 Å². The first-order chi connectivity index (χ1) is 7.85. The minimum absolute atomic E-state index is 0.00579. The summed E-state index contributed by atoms with van der Waals surface area (Å²) in [5.41, 5.74) is 0. The highest BCUT2D eigenvalue weighted by Gasteiger charge is 2.32. The molecule has 100 valence electrons. The molecule has 2 unspecified atom stereocenters. The number of ether oxygens (including phenoxy) is 1. The number of sulfonamides is 1. The van der Waals surface area contributed by atoms with E-state index in [0.717, 1.165) is 10.7 Å². The van der Waals surface area contributed by atoms with Crippen LogP contribution in [-0.2, 0) is 19.6 Å². The van der Waals surface area contributed by atoms with Crippen LogP contribution < -0.4 is 0 Å². The number of carbonyl (C=O) groups is 1. The largest absolute Gasteiger partial charge is 0.481 e. The Morgan fingerprint density at radius 3 is 2.71 bits per heavy atom. The maximum Gasteiger partial charge on any atom is 0.307 e. The quantitative estimate of drug-likeness (QED) is 0.765. The number of carboxylic acid groups (broad SMARTS) is 1. The third-order valence-corrected chi connectivity index (χ3v) is 5.16. The molecule has 0 amide bonds. The smallest absolute Gasteiger partial charge is 0.307 e. The van der Waals surface area contributed by atoms with Gasteiger partial charge < -0.3 is 9.84 Å². The zero-order valence-electron chi connectivity index (χ0n) is 10.1. The van der Waals surface area contributed by atoms with Gasteiger partial charge in [0.25, 0.3) is 0 Å². The number of carboxylic acids is 1. The summed E-state index contributed by atoms with van der Waals surface area (Å²) in [6.07, 6.45) is 1.31. The van der Waals surface area contributed by atoms with Gasteiger partial charge in [0, 0.05) is 20.2 Å². The zero-order chi connectivity index (χ0) is 13.1. The minimum atomic E-state index is -3.45. The Kier molecular flexibility index (Phi) is 4.91. The lowest BCUT2D eigenvalue weighted by Gasteiger charge is -2.27.